The van der Waals surface area contributed by atoms with Crippen LogP contribution in [0.3, 0.4) is 0 Å². The van der Waals surface area contributed by atoms with Crippen LogP contribution in [0.4, 0.5) is 17.2 Å². The van der Waals surface area contributed by atoms with Crippen molar-refractivity contribution in [2.45, 2.75) is 0 Å². The molecule has 3 rings (SSSR count). The Balaban J connectivity index is 2.02. The van der Waals surface area contributed by atoms with Gasteiger partial charge in [0.1, 0.15) is 0 Å². The number of aromatic amines is 1. The number of aromatic nitrogens is 2. The van der Waals surface area contributed by atoms with E-state index in [0.717, 1.165) is 0 Å². The zero-order valence-electron chi connectivity index (χ0n) is 9.07. The molecule has 8 heteroatoms. The number of rotatable bonds is 1. The van der Waals surface area contributed by atoms with E-state index in [9.17, 15) is 10.4 Å². The molecular formula is C10H8N6O2-2. The second kappa shape index (κ2) is 4.02. The molecule has 0 atom stereocenters. The van der Waals surface area contributed by atoms with Gasteiger partial charge in [-0.05, 0) is 12.1 Å². The molecule has 1 aromatic carbocycles. The predicted octanol–water partition coefficient (Wildman–Crippen LogP) is 1.22. The quantitative estimate of drug-likeness (QED) is 0.781. The van der Waals surface area contributed by atoms with Crippen LogP contribution in [0.2, 0.25) is 0 Å². The molecule has 1 aliphatic heterocycles. The van der Waals surface area contributed by atoms with Gasteiger partial charge in [0.05, 0.1) is 17.6 Å². The maximum Gasteiger partial charge on any atom is 0.212 e. The minimum atomic E-state index is -0.118. The van der Waals surface area contributed by atoms with Gasteiger partial charge in [-0.2, -0.15) is 10.1 Å². The van der Waals surface area contributed by atoms with Gasteiger partial charge in [-0.3, -0.25) is 10.5 Å². The third-order valence-corrected chi connectivity index (χ3v) is 2.43. The third-order valence-electron chi connectivity index (χ3n) is 2.43. The SMILES string of the molecule is [O-]N1NC(=Nc2ccn[nH]2)N([O-])c2ccccc21. The molecule has 2 N–H and O–H groups in total. The Kier molecular flexibility index (Phi) is 2.36. The van der Waals surface area contributed by atoms with Gasteiger partial charge in [0.2, 0.25) is 5.96 Å². The average molecular weight is 244 g/mol. The zero-order valence-corrected chi connectivity index (χ0v) is 9.07. The lowest BCUT2D eigenvalue weighted by atomic mass is 10.2. The maximum absolute atomic E-state index is 12.0. The molecule has 2 heterocycles. The lowest BCUT2D eigenvalue weighted by Crippen LogP contribution is -2.50. The highest BCUT2D eigenvalue weighted by Gasteiger charge is 2.16. The van der Waals surface area contributed by atoms with Crippen molar-refractivity contribution < 1.29 is 0 Å². The molecule has 0 saturated carbocycles. The molecule has 0 fully saturated rings. The molecule has 92 valence electrons. The number of hydrogen-bond donors (Lipinski definition) is 2. The lowest BCUT2D eigenvalue weighted by molar-refractivity contribution is 0.882. The third kappa shape index (κ3) is 1.65. The number of nitrogens with zero attached hydrogens (tertiary/aromatic N) is 4. The highest BCUT2D eigenvalue weighted by atomic mass is 16.6. The van der Waals surface area contributed by atoms with Crippen LogP contribution in [0, 0.1) is 10.4 Å². The van der Waals surface area contributed by atoms with Gasteiger partial charge in [-0.1, -0.05) is 12.1 Å². The summed E-state index contributed by atoms with van der Waals surface area (Å²) >= 11 is 0. The minimum Gasteiger partial charge on any atom is -0.752 e. The first kappa shape index (κ1) is 10.6. The van der Waals surface area contributed by atoms with E-state index in [0.29, 0.717) is 16.1 Å². The van der Waals surface area contributed by atoms with Gasteiger partial charge < -0.3 is 20.6 Å². The van der Waals surface area contributed by atoms with Crippen LogP contribution >= 0.6 is 0 Å². The summed E-state index contributed by atoms with van der Waals surface area (Å²) in [5.41, 5.74) is 2.84. The maximum atomic E-state index is 12.0. The Hall–Kier alpha value is -2.58. The first-order chi connectivity index (χ1) is 8.75. The lowest BCUT2D eigenvalue weighted by Gasteiger charge is -2.46. The summed E-state index contributed by atoms with van der Waals surface area (Å²) in [5, 5.41) is 31.1. The Bertz CT molecular complexity index is 582. The summed E-state index contributed by atoms with van der Waals surface area (Å²) in [4.78, 5) is 3.97. The van der Waals surface area contributed by atoms with E-state index in [-0.39, 0.29) is 17.3 Å². The summed E-state index contributed by atoms with van der Waals surface area (Å²) in [7, 11) is 0. The van der Waals surface area contributed by atoms with Gasteiger partial charge in [0.15, 0.2) is 5.82 Å². The molecule has 0 radical (unpaired) electrons. The van der Waals surface area contributed by atoms with Crippen LogP contribution in [0.15, 0.2) is 41.5 Å². The summed E-state index contributed by atoms with van der Waals surface area (Å²) in [6.45, 7) is 0. The van der Waals surface area contributed by atoms with Crippen LogP contribution in [-0.2, 0) is 0 Å². The summed E-state index contributed by atoms with van der Waals surface area (Å²) in [6, 6.07) is 8.04. The van der Waals surface area contributed by atoms with Gasteiger partial charge >= 0.3 is 0 Å². The average Bonchev–Trinajstić information content (AvgIpc) is 2.89. The van der Waals surface area contributed by atoms with Crippen LogP contribution in [0.25, 0.3) is 0 Å². The highest BCUT2D eigenvalue weighted by molar-refractivity contribution is 6.04. The van der Waals surface area contributed by atoms with Crippen molar-refractivity contribution >= 4 is 23.2 Å². The van der Waals surface area contributed by atoms with Crippen LogP contribution in [-0.4, -0.2) is 16.2 Å². The number of nitrogens with one attached hydrogen (secondary N) is 2. The molecule has 1 aromatic heterocycles. The van der Waals surface area contributed by atoms with E-state index in [4.69, 9.17) is 0 Å². The second-order valence-corrected chi connectivity index (χ2v) is 3.57. The summed E-state index contributed by atoms with van der Waals surface area (Å²) in [5.74, 6) is 0.263. The van der Waals surface area contributed by atoms with Gasteiger partial charge in [0.25, 0.3) is 0 Å². The van der Waals surface area contributed by atoms with Crippen LogP contribution < -0.4 is 15.7 Å². The number of hydrazine groups is 1. The molecule has 0 saturated heterocycles. The standard InChI is InChI=1S/C10H8N6O2/c17-15-7-3-1-2-4-8(7)16(18)14-10(15)12-9-5-6-11-13-9/h1-6H,(H2,11,12,13,14)/q-2. The fourth-order valence-electron chi connectivity index (χ4n) is 1.61. The van der Waals surface area contributed by atoms with Crippen molar-refractivity contribution in [2.24, 2.45) is 4.99 Å². The number of para-hydroxylation sites is 2. The molecular weight excluding hydrogens is 236 g/mol. The molecule has 0 spiro atoms. The Morgan fingerprint density at radius 3 is 2.61 bits per heavy atom. The Morgan fingerprint density at radius 2 is 1.89 bits per heavy atom. The normalized spacial score (nSPS) is 16.7. The van der Waals surface area contributed by atoms with E-state index >= 15 is 0 Å². The number of hydroxylamine groups is 1. The smallest absolute Gasteiger partial charge is 0.212 e. The summed E-state index contributed by atoms with van der Waals surface area (Å²) < 4.78 is 0. The van der Waals surface area contributed by atoms with Crippen molar-refractivity contribution in [1.82, 2.24) is 15.6 Å². The largest absolute Gasteiger partial charge is 0.752 e. The van der Waals surface area contributed by atoms with E-state index < -0.39 is 0 Å². The zero-order chi connectivity index (χ0) is 12.5. The molecule has 0 aliphatic carbocycles. The first-order valence-corrected chi connectivity index (χ1v) is 5.14. The Labute approximate surface area is 102 Å². The van der Waals surface area contributed by atoms with E-state index in [2.05, 4.69) is 20.6 Å². The monoisotopic (exact) mass is 244 g/mol. The van der Waals surface area contributed by atoms with Crippen molar-refractivity contribution in [1.29, 1.82) is 0 Å². The molecule has 0 bridgehead atoms. The van der Waals surface area contributed by atoms with Crippen molar-refractivity contribution in [3.8, 4) is 0 Å². The number of guanidine groups is 1. The van der Waals surface area contributed by atoms with Crippen molar-refractivity contribution in [2.75, 3.05) is 10.2 Å². The number of fused-ring (bicyclic) bond motifs is 1. The molecule has 18 heavy (non-hydrogen) atoms. The fourth-order valence-corrected chi connectivity index (χ4v) is 1.61. The topological polar surface area (TPSA) is 106 Å². The Morgan fingerprint density at radius 1 is 1.11 bits per heavy atom. The fraction of sp³-hybridized carbons (Fsp3) is 0. The number of hydrogen-bond acceptors (Lipinski definition) is 5. The van der Waals surface area contributed by atoms with Gasteiger partial charge in [-0.25, -0.2) is 0 Å². The summed E-state index contributed by atoms with van der Waals surface area (Å²) in [6.07, 6.45) is 1.50. The number of H-pyrrole nitrogens is 1. The predicted molar refractivity (Wildman–Crippen MR) is 67.0 cm³/mol. The number of benzene rings is 1. The second-order valence-electron chi connectivity index (χ2n) is 3.57. The highest BCUT2D eigenvalue weighted by Crippen LogP contribution is 2.30. The molecule has 1 aliphatic rings. The molecule has 2 aromatic rings. The van der Waals surface area contributed by atoms with Crippen LogP contribution in [0.5, 0.6) is 0 Å². The van der Waals surface area contributed by atoms with Crippen molar-refractivity contribution in [3.63, 3.8) is 0 Å². The molecule has 0 unspecified atom stereocenters. The van der Waals surface area contributed by atoms with Crippen LogP contribution in [0.1, 0.15) is 0 Å². The molecule has 8 nitrogen and oxygen atoms in total. The number of aliphatic imine (C=N–C) groups is 1. The van der Waals surface area contributed by atoms with Gasteiger partial charge in [0, 0.05) is 6.07 Å². The minimum absolute atomic E-state index is 0.118. The first-order valence-electron chi connectivity index (χ1n) is 5.14. The number of anilines is 2. The van der Waals surface area contributed by atoms with Gasteiger partial charge in [-0.15, -0.1) is 0 Å². The van der Waals surface area contributed by atoms with E-state index in [1.165, 1.54) is 6.20 Å². The van der Waals surface area contributed by atoms with E-state index in [1.54, 1.807) is 30.3 Å². The van der Waals surface area contributed by atoms with E-state index in [1.807, 2.05) is 0 Å². The molecule has 0 amide bonds. The van der Waals surface area contributed by atoms with Crippen molar-refractivity contribution in [3.05, 3.63) is 46.9 Å².